The summed E-state index contributed by atoms with van der Waals surface area (Å²) in [4.78, 5) is 0. The lowest BCUT2D eigenvalue weighted by Gasteiger charge is -2.30. The molecule has 1 aliphatic heterocycles. The molecule has 1 aliphatic rings. The fourth-order valence-corrected chi connectivity index (χ4v) is 5.35. The SMILES string of the molecule is NNC(c1cccc2ccccc12)C1CCCCS1(=O)=O. The van der Waals surface area contributed by atoms with Crippen molar-refractivity contribution in [3.05, 3.63) is 48.0 Å². The van der Waals surface area contributed by atoms with Gasteiger partial charge in [-0.05, 0) is 29.2 Å². The van der Waals surface area contributed by atoms with Crippen molar-refractivity contribution in [2.24, 2.45) is 5.84 Å². The number of hydrazine groups is 1. The number of benzene rings is 2. The van der Waals surface area contributed by atoms with Crippen LogP contribution in [0.5, 0.6) is 0 Å². The monoisotopic (exact) mass is 304 g/mol. The van der Waals surface area contributed by atoms with Gasteiger partial charge in [-0.3, -0.25) is 11.3 Å². The third-order valence-corrected chi connectivity index (χ3v) is 6.63. The lowest BCUT2D eigenvalue weighted by atomic mass is 9.95. The van der Waals surface area contributed by atoms with Gasteiger partial charge in [-0.15, -0.1) is 0 Å². The number of hydrogen-bond acceptors (Lipinski definition) is 4. The average molecular weight is 304 g/mol. The Hall–Kier alpha value is -1.43. The van der Waals surface area contributed by atoms with Crippen molar-refractivity contribution in [2.45, 2.75) is 30.6 Å². The molecule has 5 heteroatoms. The maximum atomic E-state index is 12.4. The van der Waals surface area contributed by atoms with Crippen molar-refractivity contribution in [3.63, 3.8) is 0 Å². The first kappa shape index (κ1) is 14.5. The van der Waals surface area contributed by atoms with Crippen LogP contribution in [0.15, 0.2) is 42.5 Å². The van der Waals surface area contributed by atoms with Crippen LogP contribution in [0.1, 0.15) is 30.9 Å². The average Bonchev–Trinajstić information content (AvgIpc) is 2.49. The smallest absolute Gasteiger partial charge is 0.155 e. The molecule has 3 rings (SSSR count). The van der Waals surface area contributed by atoms with Gasteiger partial charge in [0.2, 0.25) is 0 Å². The molecule has 2 aromatic rings. The van der Waals surface area contributed by atoms with E-state index >= 15 is 0 Å². The summed E-state index contributed by atoms with van der Waals surface area (Å²) < 4.78 is 24.8. The first-order valence-corrected chi connectivity index (χ1v) is 9.00. The number of nitrogens with one attached hydrogen (secondary N) is 1. The molecule has 0 saturated carbocycles. The van der Waals surface area contributed by atoms with E-state index in [1.807, 2.05) is 42.5 Å². The predicted molar refractivity (Wildman–Crippen MR) is 85.4 cm³/mol. The third kappa shape index (κ3) is 2.69. The van der Waals surface area contributed by atoms with Crippen molar-refractivity contribution in [1.29, 1.82) is 0 Å². The van der Waals surface area contributed by atoms with Crippen molar-refractivity contribution in [3.8, 4) is 0 Å². The summed E-state index contributed by atoms with van der Waals surface area (Å²) in [6.07, 6.45) is 2.36. The van der Waals surface area contributed by atoms with Gasteiger partial charge >= 0.3 is 0 Å². The van der Waals surface area contributed by atoms with Crippen molar-refractivity contribution in [1.82, 2.24) is 5.43 Å². The van der Waals surface area contributed by atoms with Crippen LogP contribution in [0, 0.1) is 0 Å². The molecule has 0 bridgehead atoms. The minimum Gasteiger partial charge on any atom is -0.271 e. The highest BCUT2D eigenvalue weighted by atomic mass is 32.2. The van der Waals surface area contributed by atoms with Crippen LogP contribution in [-0.2, 0) is 9.84 Å². The molecule has 4 nitrogen and oxygen atoms in total. The number of nitrogens with two attached hydrogens (primary N) is 1. The second-order valence-electron chi connectivity index (χ2n) is 5.61. The number of fused-ring (bicyclic) bond motifs is 1. The Morgan fingerprint density at radius 2 is 1.86 bits per heavy atom. The molecule has 0 aromatic heterocycles. The molecule has 21 heavy (non-hydrogen) atoms. The molecule has 2 aromatic carbocycles. The summed E-state index contributed by atoms with van der Waals surface area (Å²) in [7, 11) is -3.09. The zero-order chi connectivity index (χ0) is 14.9. The van der Waals surface area contributed by atoms with Crippen LogP contribution >= 0.6 is 0 Å². The van der Waals surface area contributed by atoms with Crippen molar-refractivity contribution in [2.75, 3.05) is 5.75 Å². The van der Waals surface area contributed by atoms with Gasteiger partial charge in [-0.1, -0.05) is 48.9 Å². The fraction of sp³-hybridized carbons (Fsp3) is 0.375. The van der Waals surface area contributed by atoms with Gasteiger partial charge in [-0.2, -0.15) is 0 Å². The molecule has 112 valence electrons. The van der Waals surface area contributed by atoms with Crippen LogP contribution in [0.4, 0.5) is 0 Å². The molecule has 0 spiro atoms. The Morgan fingerprint density at radius 3 is 2.62 bits per heavy atom. The summed E-state index contributed by atoms with van der Waals surface area (Å²) in [5, 5.41) is 1.72. The minimum atomic E-state index is -3.09. The minimum absolute atomic E-state index is 0.264. The Labute approximate surface area is 125 Å². The first-order valence-electron chi connectivity index (χ1n) is 7.29. The van der Waals surface area contributed by atoms with Crippen LogP contribution < -0.4 is 11.3 Å². The zero-order valence-electron chi connectivity index (χ0n) is 11.8. The van der Waals surface area contributed by atoms with E-state index in [0.29, 0.717) is 6.42 Å². The maximum absolute atomic E-state index is 12.4. The molecule has 2 atom stereocenters. The Morgan fingerprint density at radius 1 is 1.10 bits per heavy atom. The summed E-state index contributed by atoms with van der Waals surface area (Å²) in [5.41, 5.74) is 3.72. The molecule has 0 radical (unpaired) electrons. The Kier molecular flexibility index (Phi) is 3.97. The second-order valence-corrected chi connectivity index (χ2v) is 7.95. The van der Waals surface area contributed by atoms with Gasteiger partial charge in [0.15, 0.2) is 9.84 Å². The second kappa shape index (κ2) is 5.75. The lowest BCUT2D eigenvalue weighted by molar-refractivity contribution is 0.455. The molecule has 2 unspecified atom stereocenters. The van der Waals surface area contributed by atoms with E-state index in [0.717, 1.165) is 29.2 Å². The molecule has 3 N–H and O–H groups in total. The van der Waals surface area contributed by atoms with Gasteiger partial charge in [0, 0.05) is 0 Å². The predicted octanol–water partition coefficient (Wildman–Crippen LogP) is 2.31. The maximum Gasteiger partial charge on any atom is 0.155 e. The molecule has 1 heterocycles. The zero-order valence-corrected chi connectivity index (χ0v) is 12.6. The summed E-state index contributed by atoms with van der Waals surface area (Å²) in [6.45, 7) is 0. The van der Waals surface area contributed by atoms with E-state index in [1.54, 1.807) is 0 Å². The van der Waals surface area contributed by atoms with Crippen LogP contribution in [0.3, 0.4) is 0 Å². The largest absolute Gasteiger partial charge is 0.271 e. The van der Waals surface area contributed by atoms with E-state index in [9.17, 15) is 8.42 Å². The third-order valence-electron chi connectivity index (χ3n) is 4.34. The number of hydrogen-bond donors (Lipinski definition) is 2. The molecular formula is C16H20N2O2S. The number of rotatable bonds is 3. The standard InChI is InChI=1S/C16H20N2O2S/c17-18-16(15-10-3-4-11-21(15,19)20)14-9-5-7-12-6-1-2-8-13(12)14/h1-2,5-9,15-16,18H,3-4,10-11,17H2. The van der Waals surface area contributed by atoms with E-state index in [2.05, 4.69) is 5.43 Å². The van der Waals surface area contributed by atoms with Gasteiger partial charge < -0.3 is 0 Å². The topological polar surface area (TPSA) is 72.2 Å². The highest BCUT2D eigenvalue weighted by Crippen LogP contribution is 2.33. The molecule has 1 saturated heterocycles. The van der Waals surface area contributed by atoms with Gasteiger partial charge in [-0.25, -0.2) is 8.42 Å². The molecule has 0 aliphatic carbocycles. The normalized spacial score (nSPS) is 23.0. The highest BCUT2D eigenvalue weighted by Gasteiger charge is 2.36. The molecular weight excluding hydrogens is 284 g/mol. The van der Waals surface area contributed by atoms with E-state index in [4.69, 9.17) is 5.84 Å². The Balaban J connectivity index is 2.10. The number of sulfone groups is 1. The molecule has 1 fully saturated rings. The van der Waals surface area contributed by atoms with Crippen LogP contribution in [0.2, 0.25) is 0 Å². The quantitative estimate of drug-likeness (QED) is 0.674. The van der Waals surface area contributed by atoms with Gasteiger partial charge in [0.1, 0.15) is 0 Å². The van der Waals surface area contributed by atoms with Crippen molar-refractivity contribution < 1.29 is 8.42 Å². The Bertz CT molecular complexity index is 738. The first-order chi connectivity index (χ1) is 10.1. The molecule has 0 amide bonds. The summed E-state index contributed by atoms with van der Waals surface area (Å²) in [5.74, 6) is 6.00. The fourth-order valence-electron chi connectivity index (χ4n) is 3.27. The summed E-state index contributed by atoms with van der Waals surface area (Å²) in [6, 6.07) is 13.6. The van der Waals surface area contributed by atoms with E-state index in [1.165, 1.54) is 0 Å². The summed E-state index contributed by atoms with van der Waals surface area (Å²) >= 11 is 0. The highest BCUT2D eigenvalue weighted by molar-refractivity contribution is 7.92. The van der Waals surface area contributed by atoms with E-state index in [-0.39, 0.29) is 11.8 Å². The van der Waals surface area contributed by atoms with Crippen molar-refractivity contribution >= 4 is 20.6 Å². The lowest BCUT2D eigenvalue weighted by Crippen LogP contribution is -2.43. The van der Waals surface area contributed by atoms with Crippen LogP contribution in [0.25, 0.3) is 10.8 Å². The van der Waals surface area contributed by atoms with Gasteiger partial charge in [0.05, 0.1) is 17.0 Å². The van der Waals surface area contributed by atoms with Gasteiger partial charge in [0.25, 0.3) is 0 Å². The van der Waals surface area contributed by atoms with E-state index < -0.39 is 15.1 Å². The van der Waals surface area contributed by atoms with Crippen LogP contribution in [-0.4, -0.2) is 19.4 Å².